The lowest BCUT2D eigenvalue weighted by molar-refractivity contribution is 0.0705. The van der Waals surface area contributed by atoms with Gasteiger partial charge in [0.25, 0.3) is 5.91 Å². The number of hydrogen-bond acceptors (Lipinski definition) is 3. The molecule has 0 spiro atoms. The zero-order valence-electron chi connectivity index (χ0n) is 15.4. The van der Waals surface area contributed by atoms with Gasteiger partial charge in [0.05, 0.1) is 11.8 Å². The number of likely N-dealkylation sites (tertiary alicyclic amines) is 1. The van der Waals surface area contributed by atoms with Gasteiger partial charge >= 0.3 is 0 Å². The number of nitrogens with one attached hydrogen (secondary N) is 1. The minimum absolute atomic E-state index is 0.101. The Morgan fingerprint density at radius 1 is 1.42 bits per heavy atom. The minimum atomic E-state index is 0.101. The lowest BCUT2D eigenvalue weighted by atomic mass is 9.94. The molecule has 1 atom stereocenters. The predicted molar refractivity (Wildman–Crippen MR) is 101 cm³/mol. The number of aromatic nitrogens is 4. The first-order chi connectivity index (χ1) is 12.7. The average molecular weight is 351 g/mol. The lowest BCUT2D eigenvalue weighted by Crippen LogP contribution is -2.39. The van der Waals surface area contributed by atoms with Crippen LogP contribution >= 0.6 is 0 Å². The maximum absolute atomic E-state index is 13.0. The molecular weight excluding hydrogens is 326 g/mol. The van der Waals surface area contributed by atoms with E-state index in [1.165, 1.54) is 5.69 Å². The molecule has 0 radical (unpaired) electrons. The van der Waals surface area contributed by atoms with E-state index < -0.39 is 0 Å². The van der Waals surface area contributed by atoms with Crippen LogP contribution < -0.4 is 0 Å². The minimum Gasteiger partial charge on any atom is -0.343 e. The van der Waals surface area contributed by atoms with E-state index in [-0.39, 0.29) is 5.91 Å². The van der Waals surface area contributed by atoms with E-state index in [1.807, 2.05) is 22.6 Å². The van der Waals surface area contributed by atoms with Gasteiger partial charge in [0.15, 0.2) is 0 Å². The molecule has 1 aliphatic rings. The SMILES string of the molecule is CCCn1ncc(C(=O)N2CCC[C@H](c3cc4cccnc4[nH]3)C2)c1C. The van der Waals surface area contributed by atoms with Crippen LogP contribution in [0.1, 0.15) is 53.8 Å². The molecule has 136 valence electrons. The molecular formula is C20H25N5O. The molecule has 1 amide bonds. The highest BCUT2D eigenvalue weighted by Gasteiger charge is 2.28. The molecule has 0 bridgehead atoms. The highest BCUT2D eigenvalue weighted by Crippen LogP contribution is 2.29. The Bertz CT molecular complexity index is 892. The summed E-state index contributed by atoms with van der Waals surface area (Å²) in [5.41, 5.74) is 3.79. The standard InChI is InChI=1S/C20H25N5O/c1-3-9-25-14(2)17(12-22-25)20(26)24-10-5-7-16(13-24)18-11-15-6-4-8-21-19(15)23-18/h4,6,8,11-12,16H,3,5,7,9-10,13H2,1-2H3,(H,21,23)/t16-/m0/s1. The van der Waals surface area contributed by atoms with Crippen LogP contribution in [0.3, 0.4) is 0 Å². The van der Waals surface area contributed by atoms with Crippen LogP contribution in [0.15, 0.2) is 30.6 Å². The molecule has 0 unspecified atom stereocenters. The molecule has 3 aromatic heterocycles. The molecule has 4 rings (SSSR count). The monoisotopic (exact) mass is 351 g/mol. The number of nitrogens with zero attached hydrogens (tertiary/aromatic N) is 4. The molecule has 4 heterocycles. The summed E-state index contributed by atoms with van der Waals surface area (Å²) >= 11 is 0. The summed E-state index contributed by atoms with van der Waals surface area (Å²) in [6.45, 7) is 6.51. The van der Waals surface area contributed by atoms with Crippen LogP contribution in [-0.4, -0.2) is 43.6 Å². The van der Waals surface area contributed by atoms with Crippen LogP contribution in [0.5, 0.6) is 0 Å². The number of hydrogen-bond donors (Lipinski definition) is 1. The number of carbonyl (C=O) groups is 1. The van der Waals surface area contributed by atoms with Crippen molar-refractivity contribution in [2.75, 3.05) is 13.1 Å². The number of fused-ring (bicyclic) bond motifs is 1. The van der Waals surface area contributed by atoms with E-state index in [4.69, 9.17) is 0 Å². The fraction of sp³-hybridized carbons (Fsp3) is 0.450. The van der Waals surface area contributed by atoms with Gasteiger partial charge in [-0.05, 0) is 44.4 Å². The molecule has 6 nitrogen and oxygen atoms in total. The average Bonchev–Trinajstić information content (AvgIpc) is 3.26. The quantitative estimate of drug-likeness (QED) is 0.782. The molecule has 1 saturated heterocycles. The second-order valence-electron chi connectivity index (χ2n) is 7.12. The van der Waals surface area contributed by atoms with E-state index in [2.05, 4.69) is 34.1 Å². The highest BCUT2D eigenvalue weighted by molar-refractivity contribution is 5.95. The third-order valence-corrected chi connectivity index (χ3v) is 5.33. The van der Waals surface area contributed by atoms with Gasteiger partial charge in [-0.2, -0.15) is 5.10 Å². The Kier molecular flexibility index (Phi) is 4.49. The van der Waals surface area contributed by atoms with Crippen LogP contribution in [0.4, 0.5) is 0 Å². The van der Waals surface area contributed by atoms with Crippen LogP contribution in [-0.2, 0) is 6.54 Å². The van der Waals surface area contributed by atoms with Gasteiger partial charge < -0.3 is 9.88 Å². The summed E-state index contributed by atoms with van der Waals surface area (Å²) in [7, 11) is 0. The number of aryl methyl sites for hydroxylation is 1. The van der Waals surface area contributed by atoms with E-state index in [0.717, 1.165) is 61.2 Å². The van der Waals surface area contributed by atoms with Crippen molar-refractivity contribution in [1.82, 2.24) is 24.6 Å². The fourth-order valence-corrected chi connectivity index (χ4v) is 3.88. The maximum Gasteiger partial charge on any atom is 0.257 e. The number of amides is 1. The van der Waals surface area contributed by atoms with Crippen molar-refractivity contribution in [3.05, 3.63) is 47.5 Å². The highest BCUT2D eigenvalue weighted by atomic mass is 16.2. The zero-order chi connectivity index (χ0) is 18.1. The van der Waals surface area contributed by atoms with Gasteiger partial charge in [-0.3, -0.25) is 9.48 Å². The summed E-state index contributed by atoms with van der Waals surface area (Å²) in [6.07, 6.45) is 6.64. The summed E-state index contributed by atoms with van der Waals surface area (Å²) in [5.74, 6) is 0.427. The van der Waals surface area contributed by atoms with Crippen LogP contribution in [0, 0.1) is 6.92 Å². The predicted octanol–water partition coefficient (Wildman–Crippen LogP) is 3.50. The zero-order valence-corrected chi connectivity index (χ0v) is 15.4. The molecule has 0 saturated carbocycles. The van der Waals surface area contributed by atoms with Gasteiger partial charge in [-0.1, -0.05) is 6.92 Å². The number of rotatable bonds is 4. The number of pyridine rings is 1. The van der Waals surface area contributed by atoms with Crippen molar-refractivity contribution in [2.24, 2.45) is 0 Å². The summed E-state index contributed by atoms with van der Waals surface area (Å²) in [6, 6.07) is 6.19. The largest absolute Gasteiger partial charge is 0.343 e. The normalized spacial score (nSPS) is 17.8. The molecule has 3 aromatic rings. The second kappa shape index (κ2) is 6.94. The lowest BCUT2D eigenvalue weighted by Gasteiger charge is -2.32. The number of H-pyrrole nitrogens is 1. The number of carbonyl (C=O) groups excluding carboxylic acids is 1. The van der Waals surface area contributed by atoms with E-state index in [0.29, 0.717) is 5.92 Å². The van der Waals surface area contributed by atoms with Crippen molar-refractivity contribution in [2.45, 2.75) is 45.6 Å². The van der Waals surface area contributed by atoms with Crippen molar-refractivity contribution >= 4 is 16.9 Å². The summed E-state index contributed by atoms with van der Waals surface area (Å²) in [5, 5.41) is 5.51. The molecule has 1 aliphatic heterocycles. The Morgan fingerprint density at radius 3 is 3.12 bits per heavy atom. The van der Waals surface area contributed by atoms with Crippen LogP contribution in [0.25, 0.3) is 11.0 Å². The third-order valence-electron chi connectivity index (χ3n) is 5.33. The van der Waals surface area contributed by atoms with Gasteiger partial charge in [-0.25, -0.2) is 4.98 Å². The van der Waals surface area contributed by atoms with Gasteiger partial charge in [0.1, 0.15) is 5.65 Å². The molecule has 1 fully saturated rings. The first kappa shape index (κ1) is 16.8. The maximum atomic E-state index is 13.0. The molecule has 6 heteroatoms. The smallest absolute Gasteiger partial charge is 0.257 e. The topological polar surface area (TPSA) is 66.8 Å². The van der Waals surface area contributed by atoms with Crippen molar-refractivity contribution < 1.29 is 4.79 Å². The Hall–Kier alpha value is -2.63. The molecule has 26 heavy (non-hydrogen) atoms. The van der Waals surface area contributed by atoms with E-state index in [1.54, 1.807) is 12.4 Å². The summed E-state index contributed by atoms with van der Waals surface area (Å²) in [4.78, 5) is 22.8. The number of aromatic amines is 1. The van der Waals surface area contributed by atoms with Crippen molar-refractivity contribution in [3.8, 4) is 0 Å². The Morgan fingerprint density at radius 2 is 2.31 bits per heavy atom. The third kappa shape index (κ3) is 3.00. The molecule has 1 N–H and O–H groups in total. The molecule has 0 aliphatic carbocycles. The van der Waals surface area contributed by atoms with Gasteiger partial charge in [0.2, 0.25) is 0 Å². The fourth-order valence-electron chi connectivity index (χ4n) is 3.88. The van der Waals surface area contributed by atoms with E-state index >= 15 is 0 Å². The van der Waals surface area contributed by atoms with Crippen LogP contribution in [0.2, 0.25) is 0 Å². The van der Waals surface area contributed by atoms with E-state index in [9.17, 15) is 4.79 Å². The van der Waals surface area contributed by atoms with Crippen molar-refractivity contribution in [3.63, 3.8) is 0 Å². The first-order valence-electron chi connectivity index (χ1n) is 9.42. The first-order valence-corrected chi connectivity index (χ1v) is 9.42. The van der Waals surface area contributed by atoms with Gasteiger partial charge in [-0.15, -0.1) is 0 Å². The Balaban J connectivity index is 1.53. The van der Waals surface area contributed by atoms with Crippen molar-refractivity contribution in [1.29, 1.82) is 0 Å². The summed E-state index contributed by atoms with van der Waals surface area (Å²) < 4.78 is 1.93. The number of piperidine rings is 1. The molecule has 0 aromatic carbocycles. The van der Waals surface area contributed by atoms with Gasteiger partial charge in [0, 0.05) is 48.5 Å². The second-order valence-corrected chi connectivity index (χ2v) is 7.12. The Labute approximate surface area is 153 Å².